The first-order valence-corrected chi connectivity index (χ1v) is 4.16. The first-order valence-electron chi connectivity index (χ1n) is 3.05. The lowest BCUT2D eigenvalue weighted by atomic mass is 10.3. The summed E-state index contributed by atoms with van der Waals surface area (Å²) in [6.07, 6.45) is 2.98. The van der Waals surface area contributed by atoms with Crippen molar-refractivity contribution >= 4 is 17.2 Å². The lowest BCUT2D eigenvalue weighted by molar-refractivity contribution is 0.651. The summed E-state index contributed by atoms with van der Waals surface area (Å²) in [5.74, 6) is 0. The van der Waals surface area contributed by atoms with Crippen LogP contribution < -0.4 is 0 Å². The number of hydrogen-bond donors (Lipinski definition) is 0. The SMILES string of the molecule is C=C/C=N/[S@](=O)C(C)(C)C. The molecule has 0 aliphatic heterocycles. The van der Waals surface area contributed by atoms with Gasteiger partial charge in [-0.25, -0.2) is 4.21 Å². The molecule has 0 aliphatic rings. The van der Waals surface area contributed by atoms with Gasteiger partial charge >= 0.3 is 0 Å². The molecule has 2 nitrogen and oxygen atoms in total. The molecule has 0 saturated carbocycles. The zero-order valence-corrected chi connectivity index (χ0v) is 7.44. The second kappa shape index (κ2) is 3.66. The van der Waals surface area contributed by atoms with Gasteiger partial charge in [0.25, 0.3) is 0 Å². The lowest BCUT2D eigenvalue weighted by Crippen LogP contribution is -2.19. The molecule has 0 unspecified atom stereocenters. The fraction of sp³-hybridized carbons (Fsp3) is 0.571. The summed E-state index contributed by atoms with van der Waals surface area (Å²) in [5, 5.41) is 0. The Hall–Kier alpha value is -0.440. The quantitative estimate of drug-likeness (QED) is 0.564. The molecule has 0 aromatic carbocycles. The molecule has 0 saturated heterocycles. The Bertz CT molecular complexity index is 167. The van der Waals surface area contributed by atoms with Gasteiger partial charge in [-0.2, -0.15) is 4.40 Å². The third kappa shape index (κ3) is 3.56. The smallest absolute Gasteiger partial charge is 0.144 e. The molecule has 0 aromatic heterocycles. The van der Waals surface area contributed by atoms with E-state index in [-0.39, 0.29) is 4.75 Å². The zero-order valence-electron chi connectivity index (χ0n) is 6.63. The second-order valence-electron chi connectivity index (χ2n) is 2.85. The van der Waals surface area contributed by atoms with Crippen molar-refractivity contribution in [3.63, 3.8) is 0 Å². The summed E-state index contributed by atoms with van der Waals surface area (Å²) in [6, 6.07) is 0. The molecule has 0 aliphatic carbocycles. The topological polar surface area (TPSA) is 29.4 Å². The van der Waals surface area contributed by atoms with Crippen molar-refractivity contribution in [2.24, 2.45) is 4.40 Å². The standard InChI is InChI=1S/C7H13NOS/c1-5-6-8-10(9)7(2,3)4/h5-6H,1H2,2-4H3/b8-6+/t10-/m1/s1. The van der Waals surface area contributed by atoms with E-state index in [0.717, 1.165) is 0 Å². The zero-order chi connectivity index (χ0) is 8.20. The predicted molar refractivity (Wildman–Crippen MR) is 46.6 cm³/mol. The highest BCUT2D eigenvalue weighted by Crippen LogP contribution is 2.11. The molecule has 1 atom stereocenters. The Kier molecular flexibility index (Phi) is 3.50. The van der Waals surface area contributed by atoms with Gasteiger partial charge in [0, 0.05) is 6.21 Å². The molecule has 0 bridgehead atoms. The molecular formula is C7H13NOS. The first kappa shape index (κ1) is 9.56. The minimum atomic E-state index is -1.14. The van der Waals surface area contributed by atoms with Gasteiger partial charge in [-0.15, -0.1) is 0 Å². The fourth-order valence-corrected chi connectivity index (χ4v) is 0.769. The van der Waals surface area contributed by atoms with Crippen LogP contribution in [0.1, 0.15) is 20.8 Å². The second-order valence-corrected chi connectivity index (χ2v) is 4.79. The van der Waals surface area contributed by atoms with Crippen LogP contribution in [0.4, 0.5) is 0 Å². The van der Waals surface area contributed by atoms with Crippen molar-refractivity contribution < 1.29 is 4.21 Å². The molecule has 0 aromatic rings. The largest absolute Gasteiger partial charge is 0.234 e. The van der Waals surface area contributed by atoms with E-state index in [2.05, 4.69) is 11.0 Å². The number of nitrogens with zero attached hydrogens (tertiary/aromatic N) is 1. The summed E-state index contributed by atoms with van der Waals surface area (Å²) in [6.45, 7) is 9.07. The first-order chi connectivity index (χ1) is 4.48. The lowest BCUT2D eigenvalue weighted by Gasteiger charge is -2.12. The Morgan fingerprint density at radius 1 is 1.50 bits per heavy atom. The third-order valence-corrected chi connectivity index (χ3v) is 2.15. The molecule has 10 heavy (non-hydrogen) atoms. The van der Waals surface area contributed by atoms with Gasteiger partial charge in [0.1, 0.15) is 11.0 Å². The van der Waals surface area contributed by atoms with Gasteiger partial charge in [0.2, 0.25) is 0 Å². The van der Waals surface area contributed by atoms with Gasteiger partial charge in [-0.3, -0.25) is 0 Å². The maximum Gasteiger partial charge on any atom is 0.144 e. The minimum absolute atomic E-state index is 0.264. The van der Waals surface area contributed by atoms with Crippen molar-refractivity contribution in [1.82, 2.24) is 0 Å². The molecule has 0 spiro atoms. The van der Waals surface area contributed by atoms with Crippen LogP contribution in [0.2, 0.25) is 0 Å². The van der Waals surface area contributed by atoms with E-state index in [4.69, 9.17) is 0 Å². The van der Waals surface area contributed by atoms with Gasteiger partial charge in [0.05, 0.1) is 4.75 Å². The summed E-state index contributed by atoms with van der Waals surface area (Å²) < 4.78 is 14.6. The van der Waals surface area contributed by atoms with Crippen LogP contribution in [0.5, 0.6) is 0 Å². The average Bonchev–Trinajstić information content (AvgIpc) is 1.80. The maximum atomic E-state index is 11.1. The van der Waals surface area contributed by atoms with E-state index in [1.807, 2.05) is 20.8 Å². The van der Waals surface area contributed by atoms with Gasteiger partial charge in [-0.1, -0.05) is 12.7 Å². The normalized spacial score (nSPS) is 15.5. The molecule has 0 rings (SSSR count). The van der Waals surface area contributed by atoms with E-state index in [0.29, 0.717) is 0 Å². The van der Waals surface area contributed by atoms with E-state index >= 15 is 0 Å². The van der Waals surface area contributed by atoms with Crippen LogP contribution in [0.3, 0.4) is 0 Å². The van der Waals surface area contributed by atoms with Crippen LogP contribution >= 0.6 is 0 Å². The molecule has 58 valence electrons. The van der Waals surface area contributed by atoms with Crippen LogP contribution in [-0.2, 0) is 11.0 Å². The van der Waals surface area contributed by atoms with Crippen molar-refractivity contribution in [3.05, 3.63) is 12.7 Å². The maximum absolute atomic E-state index is 11.1. The molecule has 3 heteroatoms. The predicted octanol–water partition coefficient (Wildman–Crippen LogP) is 1.71. The van der Waals surface area contributed by atoms with E-state index in [1.165, 1.54) is 12.3 Å². The molecule has 0 radical (unpaired) electrons. The third-order valence-electron chi connectivity index (χ3n) is 0.786. The van der Waals surface area contributed by atoms with Crippen LogP contribution in [-0.4, -0.2) is 15.2 Å². The molecule has 0 heterocycles. The van der Waals surface area contributed by atoms with E-state index < -0.39 is 11.0 Å². The number of hydrogen-bond acceptors (Lipinski definition) is 1. The fourth-order valence-electron chi connectivity index (χ4n) is 0.256. The Labute approximate surface area is 64.6 Å². The van der Waals surface area contributed by atoms with Crippen molar-refractivity contribution in [2.45, 2.75) is 25.5 Å². The van der Waals surface area contributed by atoms with Gasteiger partial charge < -0.3 is 0 Å². The van der Waals surface area contributed by atoms with Crippen LogP contribution in [0, 0.1) is 0 Å². The summed E-state index contributed by atoms with van der Waals surface area (Å²) in [7, 11) is -1.14. The van der Waals surface area contributed by atoms with Crippen LogP contribution in [0.25, 0.3) is 0 Å². The summed E-state index contributed by atoms with van der Waals surface area (Å²) in [4.78, 5) is 0. The Morgan fingerprint density at radius 3 is 2.30 bits per heavy atom. The van der Waals surface area contributed by atoms with Gasteiger partial charge in [-0.05, 0) is 20.8 Å². The Morgan fingerprint density at radius 2 is 2.00 bits per heavy atom. The Balaban J connectivity index is 4.11. The highest BCUT2D eigenvalue weighted by Gasteiger charge is 2.17. The van der Waals surface area contributed by atoms with Crippen molar-refractivity contribution in [1.29, 1.82) is 0 Å². The molecule has 0 N–H and O–H groups in total. The van der Waals surface area contributed by atoms with Crippen LogP contribution in [0.15, 0.2) is 17.1 Å². The molecule has 0 fully saturated rings. The monoisotopic (exact) mass is 159 g/mol. The number of allylic oxidation sites excluding steroid dienone is 1. The average molecular weight is 159 g/mol. The number of rotatable bonds is 2. The summed E-state index contributed by atoms with van der Waals surface area (Å²) >= 11 is 0. The summed E-state index contributed by atoms with van der Waals surface area (Å²) in [5.41, 5.74) is 0. The van der Waals surface area contributed by atoms with E-state index in [1.54, 1.807) is 0 Å². The van der Waals surface area contributed by atoms with Crippen molar-refractivity contribution in [2.75, 3.05) is 0 Å². The highest BCUT2D eigenvalue weighted by molar-refractivity contribution is 7.85. The minimum Gasteiger partial charge on any atom is -0.234 e. The molecular weight excluding hydrogens is 146 g/mol. The molecule has 0 amide bonds. The van der Waals surface area contributed by atoms with Gasteiger partial charge in [0.15, 0.2) is 0 Å². The highest BCUT2D eigenvalue weighted by atomic mass is 32.2. The van der Waals surface area contributed by atoms with E-state index in [9.17, 15) is 4.21 Å². The van der Waals surface area contributed by atoms with Crippen molar-refractivity contribution in [3.8, 4) is 0 Å².